The lowest BCUT2D eigenvalue weighted by Gasteiger charge is -2.29. The van der Waals surface area contributed by atoms with E-state index in [1.165, 1.54) is 12.0 Å². The smallest absolute Gasteiger partial charge is 0.255 e. The molecule has 13 heavy (non-hydrogen) atoms. The first-order chi connectivity index (χ1) is 6.01. The number of carbonyl (C=O) groups is 1. The van der Waals surface area contributed by atoms with Crippen LogP contribution in [0.25, 0.3) is 0 Å². The summed E-state index contributed by atoms with van der Waals surface area (Å²) < 4.78 is 5.16. The first kappa shape index (κ1) is 12.0. The van der Waals surface area contributed by atoms with E-state index in [0.717, 1.165) is 0 Å². The maximum absolute atomic E-state index is 11.7. The number of likely N-dealkylation sites (N-methyl/N-ethyl adjacent to an activating group) is 1. The van der Waals surface area contributed by atoms with Crippen molar-refractivity contribution in [3.8, 4) is 12.3 Å². The second-order valence-electron chi connectivity index (χ2n) is 3.15. The van der Waals surface area contributed by atoms with E-state index < -0.39 is 5.60 Å². The Kier molecular flexibility index (Phi) is 4.50. The van der Waals surface area contributed by atoms with Crippen LogP contribution in [0.4, 0.5) is 0 Å². The number of terminal acetylenes is 1. The minimum Gasteiger partial charge on any atom is -0.369 e. The lowest BCUT2D eigenvalue weighted by atomic mass is 10.0. The van der Waals surface area contributed by atoms with Crippen molar-refractivity contribution in [3.05, 3.63) is 0 Å². The van der Waals surface area contributed by atoms with Crippen LogP contribution in [-0.2, 0) is 9.53 Å². The maximum Gasteiger partial charge on any atom is 0.255 e. The fourth-order valence-corrected chi connectivity index (χ4v) is 0.995. The van der Waals surface area contributed by atoms with Crippen LogP contribution in [0.15, 0.2) is 0 Å². The molecule has 3 nitrogen and oxygen atoms in total. The minimum absolute atomic E-state index is 0.0737. The molecule has 0 spiro atoms. The summed E-state index contributed by atoms with van der Waals surface area (Å²) in [4.78, 5) is 13.2. The van der Waals surface area contributed by atoms with E-state index in [9.17, 15) is 4.79 Å². The van der Waals surface area contributed by atoms with Gasteiger partial charge in [-0.05, 0) is 13.3 Å². The van der Waals surface area contributed by atoms with E-state index in [1.54, 1.807) is 14.0 Å². The largest absolute Gasteiger partial charge is 0.369 e. The maximum atomic E-state index is 11.7. The number of hydrogen-bond acceptors (Lipinski definition) is 2. The van der Waals surface area contributed by atoms with Gasteiger partial charge in [0.1, 0.15) is 5.60 Å². The highest BCUT2D eigenvalue weighted by atomic mass is 16.5. The Labute approximate surface area is 80.1 Å². The number of hydrogen-bond donors (Lipinski definition) is 0. The number of ether oxygens (including phenoxy) is 1. The van der Waals surface area contributed by atoms with Crippen molar-refractivity contribution in [2.24, 2.45) is 0 Å². The summed E-state index contributed by atoms with van der Waals surface area (Å²) in [5.41, 5.74) is -0.744. The van der Waals surface area contributed by atoms with Crippen LogP contribution in [0.2, 0.25) is 0 Å². The summed E-state index contributed by atoms with van der Waals surface area (Å²) in [5.74, 6) is 2.34. The number of rotatable bonds is 4. The normalized spacial score (nSPS) is 14.4. The highest BCUT2D eigenvalue weighted by Gasteiger charge is 2.33. The monoisotopic (exact) mass is 183 g/mol. The van der Waals surface area contributed by atoms with Crippen LogP contribution in [0, 0.1) is 12.3 Å². The van der Waals surface area contributed by atoms with Crippen molar-refractivity contribution in [2.75, 3.05) is 20.7 Å². The van der Waals surface area contributed by atoms with Crippen molar-refractivity contribution < 1.29 is 9.53 Å². The molecule has 74 valence electrons. The molecular formula is C10H17NO2. The highest BCUT2D eigenvalue weighted by molar-refractivity contribution is 5.84. The predicted octanol–water partition coefficient (Wildman–Crippen LogP) is 0.893. The topological polar surface area (TPSA) is 29.5 Å². The molecule has 0 bridgehead atoms. The average Bonchev–Trinajstić information content (AvgIpc) is 2.16. The summed E-state index contributed by atoms with van der Waals surface area (Å²) in [6, 6.07) is 0. The number of methoxy groups -OCH3 is 1. The molecule has 0 aromatic carbocycles. The first-order valence-corrected chi connectivity index (χ1v) is 4.26. The SMILES string of the molecule is C#CCN(C)C(=O)C(C)(CC)OC. The van der Waals surface area contributed by atoms with Crippen LogP contribution >= 0.6 is 0 Å². The molecule has 0 aliphatic rings. The molecule has 3 heteroatoms. The van der Waals surface area contributed by atoms with Crippen LogP contribution in [0.3, 0.4) is 0 Å². The Bertz CT molecular complexity index is 213. The van der Waals surface area contributed by atoms with E-state index in [2.05, 4.69) is 5.92 Å². The molecular weight excluding hydrogens is 166 g/mol. The quantitative estimate of drug-likeness (QED) is 0.606. The van der Waals surface area contributed by atoms with Gasteiger partial charge < -0.3 is 9.64 Å². The summed E-state index contributed by atoms with van der Waals surface area (Å²) in [6.07, 6.45) is 5.74. The molecule has 1 amide bonds. The zero-order chi connectivity index (χ0) is 10.5. The molecule has 0 fully saturated rings. The Morgan fingerprint density at radius 3 is 2.54 bits per heavy atom. The fraction of sp³-hybridized carbons (Fsp3) is 0.700. The van der Waals surface area contributed by atoms with Gasteiger partial charge in [-0.3, -0.25) is 4.79 Å². The van der Waals surface area contributed by atoms with Crippen LogP contribution in [0.1, 0.15) is 20.3 Å². The van der Waals surface area contributed by atoms with Crippen LogP contribution < -0.4 is 0 Å². The fourth-order valence-electron chi connectivity index (χ4n) is 0.995. The van der Waals surface area contributed by atoms with Crippen molar-refractivity contribution in [3.63, 3.8) is 0 Å². The minimum atomic E-state index is -0.744. The second-order valence-corrected chi connectivity index (χ2v) is 3.15. The van der Waals surface area contributed by atoms with E-state index in [4.69, 9.17) is 11.2 Å². The van der Waals surface area contributed by atoms with Crippen molar-refractivity contribution in [2.45, 2.75) is 25.9 Å². The zero-order valence-electron chi connectivity index (χ0n) is 8.76. The van der Waals surface area contributed by atoms with Gasteiger partial charge in [0.2, 0.25) is 0 Å². The lowest BCUT2D eigenvalue weighted by Crippen LogP contribution is -2.46. The van der Waals surface area contributed by atoms with Gasteiger partial charge in [0.05, 0.1) is 6.54 Å². The number of carbonyl (C=O) groups excluding carboxylic acids is 1. The third-order valence-electron chi connectivity index (χ3n) is 2.25. The molecule has 0 aromatic rings. The van der Waals surface area contributed by atoms with Crippen LogP contribution in [-0.4, -0.2) is 37.1 Å². The molecule has 0 rings (SSSR count). The molecule has 1 atom stereocenters. The summed E-state index contributed by atoms with van der Waals surface area (Å²) in [6.45, 7) is 3.99. The van der Waals surface area contributed by atoms with Gasteiger partial charge >= 0.3 is 0 Å². The standard InChI is InChI=1S/C10H17NO2/c1-6-8-11(4)9(12)10(3,7-2)13-5/h1H,7-8H2,2-5H3. The summed E-state index contributed by atoms with van der Waals surface area (Å²) >= 11 is 0. The average molecular weight is 183 g/mol. The Morgan fingerprint density at radius 2 is 2.23 bits per heavy atom. The van der Waals surface area contributed by atoms with Crippen molar-refractivity contribution in [1.29, 1.82) is 0 Å². The second kappa shape index (κ2) is 4.88. The van der Waals surface area contributed by atoms with Gasteiger partial charge in [0.15, 0.2) is 0 Å². The summed E-state index contributed by atoms with van der Waals surface area (Å²) in [7, 11) is 3.21. The molecule has 0 saturated heterocycles. The van der Waals surface area contributed by atoms with E-state index >= 15 is 0 Å². The Hall–Kier alpha value is -1.01. The molecule has 0 aromatic heterocycles. The number of nitrogens with zero attached hydrogens (tertiary/aromatic N) is 1. The Morgan fingerprint density at radius 1 is 1.69 bits per heavy atom. The molecule has 0 aliphatic heterocycles. The van der Waals surface area contributed by atoms with Crippen molar-refractivity contribution in [1.82, 2.24) is 4.90 Å². The van der Waals surface area contributed by atoms with Gasteiger partial charge in [0.25, 0.3) is 5.91 Å². The molecule has 0 heterocycles. The van der Waals surface area contributed by atoms with Gasteiger partial charge in [-0.1, -0.05) is 12.8 Å². The first-order valence-electron chi connectivity index (χ1n) is 4.26. The van der Waals surface area contributed by atoms with Gasteiger partial charge in [0, 0.05) is 14.2 Å². The summed E-state index contributed by atoms with van der Waals surface area (Å²) in [5, 5.41) is 0. The Balaban J connectivity index is 4.48. The lowest BCUT2D eigenvalue weighted by molar-refractivity contribution is -0.151. The zero-order valence-corrected chi connectivity index (χ0v) is 8.76. The molecule has 0 radical (unpaired) electrons. The number of amides is 1. The van der Waals surface area contributed by atoms with E-state index in [0.29, 0.717) is 13.0 Å². The van der Waals surface area contributed by atoms with Crippen molar-refractivity contribution >= 4 is 5.91 Å². The van der Waals surface area contributed by atoms with Gasteiger partial charge in [-0.25, -0.2) is 0 Å². The third-order valence-corrected chi connectivity index (χ3v) is 2.25. The third kappa shape index (κ3) is 2.74. The highest BCUT2D eigenvalue weighted by Crippen LogP contribution is 2.16. The van der Waals surface area contributed by atoms with Gasteiger partial charge in [-0.2, -0.15) is 0 Å². The molecule has 0 N–H and O–H groups in total. The van der Waals surface area contributed by atoms with Crippen LogP contribution in [0.5, 0.6) is 0 Å². The molecule has 0 saturated carbocycles. The van der Waals surface area contributed by atoms with E-state index in [-0.39, 0.29) is 5.91 Å². The molecule has 1 unspecified atom stereocenters. The van der Waals surface area contributed by atoms with Gasteiger partial charge in [-0.15, -0.1) is 6.42 Å². The predicted molar refractivity (Wildman–Crippen MR) is 52.2 cm³/mol. The molecule has 0 aliphatic carbocycles. The van der Waals surface area contributed by atoms with E-state index in [1.807, 2.05) is 6.92 Å².